The number of carbonyl (C=O) groups excluding carboxylic acids is 1. The van der Waals surface area contributed by atoms with Crippen molar-refractivity contribution >= 4 is 11.7 Å². The Kier molecular flexibility index (Phi) is 3.57. The Morgan fingerprint density at radius 3 is 2.56 bits per heavy atom. The maximum atomic E-state index is 12.0. The molecule has 0 saturated carbocycles. The maximum Gasteiger partial charge on any atom is 0.270 e. The smallest absolute Gasteiger partial charge is 0.270 e. The van der Waals surface area contributed by atoms with Gasteiger partial charge >= 0.3 is 0 Å². The van der Waals surface area contributed by atoms with E-state index in [1.54, 1.807) is 18.2 Å². The fourth-order valence-corrected chi connectivity index (χ4v) is 1.67. The number of carbonyl (C=O) groups is 1. The molecule has 0 aliphatic carbocycles. The highest BCUT2D eigenvalue weighted by Crippen LogP contribution is 2.12. The van der Waals surface area contributed by atoms with Gasteiger partial charge in [0.25, 0.3) is 5.91 Å². The highest BCUT2D eigenvalue weighted by atomic mass is 16.1. The van der Waals surface area contributed by atoms with Crippen molar-refractivity contribution in [3.63, 3.8) is 0 Å². The van der Waals surface area contributed by atoms with Crippen molar-refractivity contribution in [2.24, 2.45) is 0 Å². The third-order valence-electron chi connectivity index (χ3n) is 2.65. The maximum absolute atomic E-state index is 12.0. The fourth-order valence-electron chi connectivity index (χ4n) is 1.67. The lowest BCUT2D eigenvalue weighted by Crippen LogP contribution is -2.27. The van der Waals surface area contributed by atoms with Crippen molar-refractivity contribution < 1.29 is 4.79 Å². The van der Waals surface area contributed by atoms with Crippen LogP contribution in [-0.4, -0.2) is 10.9 Å². The van der Waals surface area contributed by atoms with Crippen LogP contribution in [0.5, 0.6) is 0 Å². The second-order valence-corrected chi connectivity index (χ2v) is 4.05. The van der Waals surface area contributed by atoms with Gasteiger partial charge in [0.2, 0.25) is 0 Å². The molecule has 0 aliphatic rings. The van der Waals surface area contributed by atoms with E-state index < -0.39 is 0 Å². The lowest BCUT2D eigenvalue weighted by molar-refractivity contribution is 0.0935. The standard InChI is InChI=1S/C14H15N3O/c1-10(11-6-3-2-4-7-11)16-14(18)12-8-5-9-13(15)17-12/h2-10H,1H3,(H2,15,17)(H,16,18). The molecule has 1 aromatic heterocycles. The zero-order valence-corrected chi connectivity index (χ0v) is 10.1. The SMILES string of the molecule is CC(NC(=O)c1cccc(N)n1)c1ccccc1. The summed E-state index contributed by atoms with van der Waals surface area (Å²) in [6.45, 7) is 1.93. The molecule has 1 unspecified atom stereocenters. The Morgan fingerprint density at radius 1 is 1.17 bits per heavy atom. The Morgan fingerprint density at radius 2 is 1.89 bits per heavy atom. The van der Waals surface area contributed by atoms with Gasteiger partial charge in [0.15, 0.2) is 0 Å². The molecule has 2 aromatic rings. The van der Waals surface area contributed by atoms with Crippen molar-refractivity contribution in [3.8, 4) is 0 Å². The quantitative estimate of drug-likeness (QED) is 0.865. The Balaban J connectivity index is 2.08. The molecular weight excluding hydrogens is 226 g/mol. The first-order chi connectivity index (χ1) is 8.66. The van der Waals surface area contributed by atoms with Gasteiger partial charge in [-0.05, 0) is 24.6 Å². The summed E-state index contributed by atoms with van der Waals surface area (Å²) in [7, 11) is 0. The van der Waals surface area contributed by atoms with Crippen LogP contribution in [0.25, 0.3) is 0 Å². The van der Waals surface area contributed by atoms with Crippen molar-refractivity contribution in [2.75, 3.05) is 5.73 Å². The van der Waals surface area contributed by atoms with Crippen molar-refractivity contribution in [3.05, 3.63) is 59.8 Å². The van der Waals surface area contributed by atoms with Crippen molar-refractivity contribution in [1.29, 1.82) is 0 Å². The highest BCUT2D eigenvalue weighted by Gasteiger charge is 2.12. The summed E-state index contributed by atoms with van der Waals surface area (Å²) in [4.78, 5) is 15.9. The number of amides is 1. The molecule has 1 atom stereocenters. The van der Waals surface area contributed by atoms with E-state index >= 15 is 0 Å². The predicted octanol–water partition coefficient (Wildman–Crippen LogP) is 2.15. The molecule has 2 rings (SSSR count). The van der Waals surface area contributed by atoms with E-state index in [1.807, 2.05) is 37.3 Å². The second kappa shape index (κ2) is 5.31. The largest absolute Gasteiger partial charge is 0.384 e. The molecule has 1 aromatic carbocycles. The summed E-state index contributed by atoms with van der Waals surface area (Å²) in [5, 5.41) is 2.88. The van der Waals surface area contributed by atoms with E-state index in [2.05, 4.69) is 10.3 Å². The monoisotopic (exact) mass is 241 g/mol. The first-order valence-electron chi connectivity index (χ1n) is 5.75. The molecule has 92 valence electrons. The number of nitrogens with two attached hydrogens (primary N) is 1. The number of benzene rings is 1. The molecule has 0 saturated heterocycles. The van der Waals surface area contributed by atoms with Crippen LogP contribution < -0.4 is 11.1 Å². The molecule has 4 heteroatoms. The van der Waals surface area contributed by atoms with Crippen LogP contribution >= 0.6 is 0 Å². The lowest BCUT2D eigenvalue weighted by Gasteiger charge is -2.13. The summed E-state index contributed by atoms with van der Waals surface area (Å²) in [5.41, 5.74) is 6.93. The van der Waals surface area contributed by atoms with Gasteiger partial charge in [-0.15, -0.1) is 0 Å². The number of anilines is 1. The summed E-state index contributed by atoms with van der Waals surface area (Å²) in [6.07, 6.45) is 0. The number of nitrogens with zero attached hydrogens (tertiary/aromatic N) is 1. The minimum atomic E-state index is -0.223. The molecule has 0 spiro atoms. The molecule has 0 aliphatic heterocycles. The highest BCUT2D eigenvalue weighted by molar-refractivity contribution is 5.92. The van der Waals surface area contributed by atoms with Crippen molar-refractivity contribution in [1.82, 2.24) is 10.3 Å². The zero-order chi connectivity index (χ0) is 13.0. The van der Waals surface area contributed by atoms with Gasteiger partial charge in [0.1, 0.15) is 11.5 Å². The molecule has 18 heavy (non-hydrogen) atoms. The number of hydrogen-bond acceptors (Lipinski definition) is 3. The average Bonchev–Trinajstić information content (AvgIpc) is 2.39. The van der Waals surface area contributed by atoms with E-state index in [9.17, 15) is 4.79 Å². The van der Waals surface area contributed by atoms with E-state index in [1.165, 1.54) is 0 Å². The summed E-state index contributed by atoms with van der Waals surface area (Å²) in [6, 6.07) is 14.7. The van der Waals surface area contributed by atoms with E-state index in [0.29, 0.717) is 11.5 Å². The summed E-state index contributed by atoms with van der Waals surface area (Å²) < 4.78 is 0. The number of rotatable bonds is 3. The van der Waals surface area contributed by atoms with E-state index in [4.69, 9.17) is 5.73 Å². The number of hydrogen-bond donors (Lipinski definition) is 2. The number of nitrogen functional groups attached to an aromatic ring is 1. The van der Waals surface area contributed by atoms with E-state index in [0.717, 1.165) is 5.56 Å². The van der Waals surface area contributed by atoms with Gasteiger partial charge in [-0.1, -0.05) is 36.4 Å². The first-order valence-corrected chi connectivity index (χ1v) is 5.75. The van der Waals surface area contributed by atoms with Crippen LogP contribution in [0.2, 0.25) is 0 Å². The topological polar surface area (TPSA) is 68.0 Å². The molecule has 0 fully saturated rings. The average molecular weight is 241 g/mol. The van der Waals surface area contributed by atoms with Gasteiger partial charge < -0.3 is 11.1 Å². The molecule has 3 N–H and O–H groups in total. The number of aromatic nitrogens is 1. The lowest BCUT2D eigenvalue weighted by atomic mass is 10.1. The van der Waals surface area contributed by atoms with Crippen LogP contribution in [0.15, 0.2) is 48.5 Å². The van der Waals surface area contributed by atoms with Crippen LogP contribution in [0.3, 0.4) is 0 Å². The zero-order valence-electron chi connectivity index (χ0n) is 10.1. The molecule has 4 nitrogen and oxygen atoms in total. The minimum Gasteiger partial charge on any atom is -0.384 e. The molecule has 1 amide bonds. The summed E-state index contributed by atoms with van der Waals surface area (Å²) >= 11 is 0. The fraction of sp³-hybridized carbons (Fsp3) is 0.143. The second-order valence-electron chi connectivity index (χ2n) is 4.05. The van der Waals surface area contributed by atoms with Gasteiger partial charge in [0.05, 0.1) is 6.04 Å². The predicted molar refractivity (Wildman–Crippen MR) is 71.0 cm³/mol. The molecule has 1 heterocycles. The van der Waals surface area contributed by atoms with Crippen LogP contribution in [0, 0.1) is 0 Å². The van der Waals surface area contributed by atoms with Gasteiger partial charge in [-0.25, -0.2) is 4.98 Å². The molecule has 0 radical (unpaired) electrons. The van der Waals surface area contributed by atoms with Gasteiger partial charge in [0, 0.05) is 0 Å². The van der Waals surface area contributed by atoms with Crippen LogP contribution in [0.4, 0.5) is 5.82 Å². The third-order valence-corrected chi connectivity index (χ3v) is 2.65. The van der Waals surface area contributed by atoms with Crippen molar-refractivity contribution in [2.45, 2.75) is 13.0 Å². The molecule has 0 bridgehead atoms. The first kappa shape index (κ1) is 12.1. The Bertz CT molecular complexity index is 540. The minimum absolute atomic E-state index is 0.0677. The van der Waals surface area contributed by atoms with Crippen LogP contribution in [-0.2, 0) is 0 Å². The Hall–Kier alpha value is -2.36. The summed E-state index contributed by atoms with van der Waals surface area (Å²) in [5.74, 6) is 0.119. The Labute approximate surface area is 106 Å². The normalized spacial score (nSPS) is 11.8. The van der Waals surface area contributed by atoms with Crippen LogP contribution in [0.1, 0.15) is 29.0 Å². The number of nitrogens with one attached hydrogen (secondary N) is 1. The van der Waals surface area contributed by atoms with Gasteiger partial charge in [-0.3, -0.25) is 4.79 Å². The molecular formula is C14H15N3O. The van der Waals surface area contributed by atoms with E-state index in [-0.39, 0.29) is 11.9 Å². The van der Waals surface area contributed by atoms with Gasteiger partial charge in [-0.2, -0.15) is 0 Å². The third kappa shape index (κ3) is 2.85. The number of pyridine rings is 1.